The molecular weight excluding hydrogens is 288 g/mol. The molecule has 2 aromatic heterocycles. The summed E-state index contributed by atoms with van der Waals surface area (Å²) in [6.07, 6.45) is 3.37. The first kappa shape index (κ1) is 15.2. The van der Waals surface area contributed by atoms with Crippen molar-refractivity contribution >= 4 is 22.5 Å². The molecule has 1 N–H and O–H groups in total. The van der Waals surface area contributed by atoms with Crippen molar-refractivity contribution in [2.75, 3.05) is 5.32 Å². The minimum absolute atomic E-state index is 0.0250. The van der Waals surface area contributed by atoms with Crippen molar-refractivity contribution < 1.29 is 0 Å². The molecule has 118 valence electrons. The van der Waals surface area contributed by atoms with Crippen molar-refractivity contribution in [3.05, 3.63) is 58.1 Å². The average Bonchev–Trinajstić information content (AvgIpc) is 2.46. The molecule has 0 fully saturated rings. The highest BCUT2D eigenvalue weighted by atomic mass is 16.1. The molecule has 0 aliphatic carbocycles. The number of aromatic nitrogens is 3. The number of aryl methyl sites for hydroxylation is 2. The Balaban J connectivity index is 2.18. The molecule has 23 heavy (non-hydrogen) atoms. The summed E-state index contributed by atoms with van der Waals surface area (Å²) in [6, 6.07) is 7.95. The van der Waals surface area contributed by atoms with E-state index in [4.69, 9.17) is 0 Å². The SMILES string of the molecule is Cc1cc(C)cc(Nc2nc3ccncc3n(C(C)C)c2=O)c1. The van der Waals surface area contributed by atoms with E-state index in [9.17, 15) is 4.79 Å². The van der Waals surface area contributed by atoms with Crippen molar-refractivity contribution in [3.63, 3.8) is 0 Å². The second kappa shape index (κ2) is 5.83. The van der Waals surface area contributed by atoms with Gasteiger partial charge in [-0.1, -0.05) is 6.07 Å². The molecule has 0 atom stereocenters. The van der Waals surface area contributed by atoms with E-state index in [0.29, 0.717) is 5.82 Å². The number of rotatable bonds is 3. The summed E-state index contributed by atoms with van der Waals surface area (Å²) in [7, 11) is 0. The van der Waals surface area contributed by atoms with Crippen LogP contribution in [0.3, 0.4) is 0 Å². The van der Waals surface area contributed by atoms with Gasteiger partial charge in [-0.15, -0.1) is 0 Å². The lowest BCUT2D eigenvalue weighted by atomic mass is 10.1. The lowest BCUT2D eigenvalue weighted by Gasteiger charge is -2.16. The van der Waals surface area contributed by atoms with Crippen LogP contribution in [0.5, 0.6) is 0 Å². The van der Waals surface area contributed by atoms with Crippen molar-refractivity contribution in [2.24, 2.45) is 0 Å². The van der Waals surface area contributed by atoms with Crippen LogP contribution in [0.2, 0.25) is 0 Å². The third-order valence-corrected chi connectivity index (χ3v) is 3.69. The van der Waals surface area contributed by atoms with E-state index < -0.39 is 0 Å². The summed E-state index contributed by atoms with van der Waals surface area (Å²) in [6.45, 7) is 8.02. The number of fused-ring (bicyclic) bond motifs is 1. The van der Waals surface area contributed by atoms with E-state index in [1.807, 2.05) is 45.9 Å². The highest BCUT2D eigenvalue weighted by Gasteiger charge is 2.13. The molecule has 0 bridgehead atoms. The molecule has 2 heterocycles. The first-order valence-electron chi connectivity index (χ1n) is 7.67. The van der Waals surface area contributed by atoms with Crippen LogP contribution in [0.1, 0.15) is 31.0 Å². The molecule has 0 radical (unpaired) electrons. The zero-order chi connectivity index (χ0) is 16.6. The van der Waals surface area contributed by atoms with Crippen LogP contribution in [0.4, 0.5) is 11.5 Å². The smallest absolute Gasteiger partial charge is 0.294 e. The van der Waals surface area contributed by atoms with Gasteiger partial charge >= 0.3 is 0 Å². The summed E-state index contributed by atoms with van der Waals surface area (Å²) < 4.78 is 1.72. The van der Waals surface area contributed by atoms with Gasteiger partial charge in [-0.25, -0.2) is 4.98 Å². The highest BCUT2D eigenvalue weighted by molar-refractivity contribution is 5.76. The summed E-state index contributed by atoms with van der Waals surface area (Å²) in [4.78, 5) is 21.4. The van der Waals surface area contributed by atoms with Gasteiger partial charge in [0, 0.05) is 17.9 Å². The molecule has 0 saturated carbocycles. The quantitative estimate of drug-likeness (QED) is 0.801. The number of nitrogens with one attached hydrogen (secondary N) is 1. The van der Waals surface area contributed by atoms with Gasteiger partial charge in [-0.2, -0.15) is 0 Å². The molecule has 5 heteroatoms. The first-order valence-corrected chi connectivity index (χ1v) is 7.67. The second-order valence-corrected chi connectivity index (χ2v) is 6.10. The molecule has 3 aromatic rings. The number of anilines is 2. The molecule has 3 rings (SSSR count). The van der Waals surface area contributed by atoms with Crippen molar-refractivity contribution in [1.29, 1.82) is 0 Å². The zero-order valence-corrected chi connectivity index (χ0v) is 13.8. The lowest BCUT2D eigenvalue weighted by Crippen LogP contribution is -2.26. The summed E-state index contributed by atoms with van der Waals surface area (Å²) in [5.74, 6) is 0.336. The first-order chi connectivity index (χ1) is 11.0. The Morgan fingerprint density at radius 2 is 1.83 bits per heavy atom. The molecule has 5 nitrogen and oxygen atoms in total. The van der Waals surface area contributed by atoms with E-state index in [2.05, 4.69) is 21.4 Å². The summed E-state index contributed by atoms with van der Waals surface area (Å²) >= 11 is 0. The molecule has 1 aromatic carbocycles. The van der Waals surface area contributed by atoms with E-state index in [1.54, 1.807) is 17.0 Å². The van der Waals surface area contributed by atoms with Crippen LogP contribution in [0.25, 0.3) is 11.0 Å². The maximum absolute atomic E-state index is 12.8. The highest BCUT2D eigenvalue weighted by Crippen LogP contribution is 2.19. The van der Waals surface area contributed by atoms with Gasteiger partial charge in [-0.3, -0.25) is 14.3 Å². The maximum Gasteiger partial charge on any atom is 0.294 e. The largest absolute Gasteiger partial charge is 0.336 e. The number of nitrogens with zero attached hydrogens (tertiary/aromatic N) is 3. The predicted molar refractivity (Wildman–Crippen MR) is 93.4 cm³/mol. The molecule has 0 saturated heterocycles. The van der Waals surface area contributed by atoms with Gasteiger partial charge in [0.05, 0.1) is 17.2 Å². The van der Waals surface area contributed by atoms with Crippen LogP contribution < -0.4 is 10.9 Å². The molecule has 0 unspecified atom stereocenters. The summed E-state index contributed by atoms with van der Waals surface area (Å²) in [5.41, 5.74) is 4.51. The maximum atomic E-state index is 12.8. The monoisotopic (exact) mass is 308 g/mol. The Morgan fingerprint density at radius 3 is 2.48 bits per heavy atom. The Labute approximate surface area is 135 Å². The van der Waals surface area contributed by atoms with Crippen molar-refractivity contribution in [3.8, 4) is 0 Å². The van der Waals surface area contributed by atoms with E-state index >= 15 is 0 Å². The number of benzene rings is 1. The fourth-order valence-electron chi connectivity index (χ4n) is 2.83. The van der Waals surface area contributed by atoms with Gasteiger partial charge in [-0.05, 0) is 57.0 Å². The zero-order valence-electron chi connectivity index (χ0n) is 13.8. The number of hydrogen-bond acceptors (Lipinski definition) is 4. The van der Waals surface area contributed by atoms with Gasteiger partial charge in [0.25, 0.3) is 5.56 Å². The fraction of sp³-hybridized carbons (Fsp3) is 0.278. The van der Waals surface area contributed by atoms with Gasteiger partial charge in [0.2, 0.25) is 0 Å². The van der Waals surface area contributed by atoms with E-state index in [0.717, 1.165) is 27.8 Å². The normalized spacial score (nSPS) is 11.2. The molecule has 0 aliphatic heterocycles. The lowest BCUT2D eigenvalue weighted by molar-refractivity contribution is 0.598. The molecular formula is C18H20N4O. The summed E-state index contributed by atoms with van der Waals surface area (Å²) in [5, 5.41) is 3.18. The second-order valence-electron chi connectivity index (χ2n) is 6.10. The number of pyridine rings is 1. The van der Waals surface area contributed by atoms with Crippen LogP contribution in [0.15, 0.2) is 41.5 Å². The van der Waals surface area contributed by atoms with Crippen LogP contribution in [0, 0.1) is 13.8 Å². The topological polar surface area (TPSA) is 59.8 Å². The minimum Gasteiger partial charge on any atom is -0.336 e. The Bertz CT molecular complexity index is 908. The number of hydrogen-bond donors (Lipinski definition) is 1. The predicted octanol–water partition coefficient (Wildman–Crippen LogP) is 3.73. The molecule has 0 aliphatic rings. The fourth-order valence-corrected chi connectivity index (χ4v) is 2.83. The molecule has 0 spiro atoms. The minimum atomic E-state index is -0.139. The standard InChI is InChI=1S/C18H20N4O/c1-11(2)22-16-10-19-6-5-15(16)21-17(18(22)23)20-14-8-12(3)7-13(4)9-14/h5-11H,1-4H3,(H,20,21). The van der Waals surface area contributed by atoms with Gasteiger partial charge in [0.1, 0.15) is 0 Å². The average molecular weight is 308 g/mol. The van der Waals surface area contributed by atoms with Crippen LogP contribution in [-0.2, 0) is 0 Å². The van der Waals surface area contributed by atoms with Gasteiger partial charge < -0.3 is 5.32 Å². The van der Waals surface area contributed by atoms with Crippen molar-refractivity contribution in [1.82, 2.24) is 14.5 Å². The van der Waals surface area contributed by atoms with E-state index in [-0.39, 0.29) is 11.6 Å². The van der Waals surface area contributed by atoms with E-state index in [1.165, 1.54) is 0 Å². The van der Waals surface area contributed by atoms with Crippen LogP contribution >= 0.6 is 0 Å². The third-order valence-electron chi connectivity index (χ3n) is 3.69. The third kappa shape index (κ3) is 2.95. The Hall–Kier alpha value is -2.69. The molecule has 0 amide bonds. The van der Waals surface area contributed by atoms with Gasteiger partial charge in [0.15, 0.2) is 5.82 Å². The van der Waals surface area contributed by atoms with Crippen LogP contribution in [-0.4, -0.2) is 14.5 Å². The Morgan fingerprint density at radius 1 is 1.13 bits per heavy atom. The van der Waals surface area contributed by atoms with Crippen molar-refractivity contribution in [2.45, 2.75) is 33.7 Å². The Kier molecular flexibility index (Phi) is 3.86.